The van der Waals surface area contributed by atoms with E-state index in [1.165, 1.54) is 17.3 Å². The fraction of sp³-hybridized carbons (Fsp3) is 0.714. The van der Waals surface area contributed by atoms with Crippen LogP contribution in [0.1, 0.15) is 32.1 Å². The summed E-state index contributed by atoms with van der Waals surface area (Å²) in [6.45, 7) is 0.00976. The van der Waals surface area contributed by atoms with Crippen LogP contribution in [0.3, 0.4) is 0 Å². The van der Waals surface area contributed by atoms with E-state index in [9.17, 15) is 14.9 Å². The van der Waals surface area contributed by atoms with E-state index in [0.29, 0.717) is 11.8 Å². The summed E-state index contributed by atoms with van der Waals surface area (Å²) in [6.07, 6.45) is 7.80. The lowest BCUT2D eigenvalue weighted by molar-refractivity contribution is -0.385. The molecule has 23 heavy (non-hydrogen) atoms. The van der Waals surface area contributed by atoms with Crippen LogP contribution < -0.4 is 11.1 Å². The average Bonchev–Trinajstić information content (AvgIpc) is 2.88. The molecular formula is C14H22ClN5O3. The fourth-order valence-corrected chi connectivity index (χ4v) is 3.94. The predicted molar refractivity (Wildman–Crippen MR) is 86.1 cm³/mol. The van der Waals surface area contributed by atoms with Crippen LogP contribution in [0.5, 0.6) is 0 Å². The summed E-state index contributed by atoms with van der Waals surface area (Å²) >= 11 is 0. The van der Waals surface area contributed by atoms with Crippen molar-refractivity contribution in [2.24, 2.45) is 17.6 Å². The lowest BCUT2D eigenvalue weighted by Gasteiger charge is -2.45. The fourth-order valence-electron chi connectivity index (χ4n) is 3.94. The van der Waals surface area contributed by atoms with Gasteiger partial charge in [0.05, 0.1) is 4.92 Å². The Morgan fingerprint density at radius 3 is 2.65 bits per heavy atom. The minimum absolute atomic E-state index is 0. The largest absolute Gasteiger partial charge is 0.351 e. The third-order valence-electron chi connectivity index (χ3n) is 4.84. The maximum atomic E-state index is 12.2. The number of rotatable bonds is 4. The maximum Gasteiger partial charge on any atom is 0.307 e. The molecule has 9 heteroatoms. The van der Waals surface area contributed by atoms with Gasteiger partial charge >= 0.3 is 5.69 Å². The number of nitro groups is 1. The molecule has 0 aliphatic heterocycles. The van der Waals surface area contributed by atoms with E-state index in [1.807, 2.05) is 0 Å². The van der Waals surface area contributed by atoms with Crippen molar-refractivity contribution in [1.82, 2.24) is 15.1 Å². The number of carbonyl (C=O) groups excluding carboxylic acids is 1. The molecule has 1 aromatic heterocycles. The van der Waals surface area contributed by atoms with E-state index in [2.05, 4.69) is 10.4 Å². The Bertz CT molecular complexity index is 565. The number of nitrogens with zero attached hydrogens (tertiary/aromatic N) is 3. The SMILES string of the molecule is Cl.NC1CC2CCCC(C1)C2NC(=O)Cn1cc([N+](=O)[O-])cn1. The number of nitrogens with two attached hydrogens (primary N) is 1. The molecule has 2 aliphatic carbocycles. The topological polar surface area (TPSA) is 116 Å². The van der Waals surface area contributed by atoms with Crippen LogP contribution in [0.2, 0.25) is 0 Å². The molecule has 2 fully saturated rings. The number of amides is 1. The molecule has 0 aromatic carbocycles. The van der Waals surface area contributed by atoms with Gasteiger partial charge in [-0.05, 0) is 37.5 Å². The van der Waals surface area contributed by atoms with E-state index in [4.69, 9.17) is 5.73 Å². The van der Waals surface area contributed by atoms with Crippen LogP contribution in [0.25, 0.3) is 0 Å². The predicted octanol–water partition coefficient (Wildman–Crippen LogP) is 1.24. The molecule has 3 N–H and O–H groups in total. The second-order valence-corrected chi connectivity index (χ2v) is 6.43. The summed E-state index contributed by atoms with van der Waals surface area (Å²) in [6, 6.07) is 0.434. The Labute approximate surface area is 140 Å². The standard InChI is InChI=1S/C14H21N5O3.ClH/c15-11-4-9-2-1-3-10(5-11)14(9)17-13(20)8-18-7-12(6-16-18)19(21)22;/h6-7,9-11,14H,1-5,8,15H2,(H,17,20);1H. The van der Waals surface area contributed by atoms with Gasteiger partial charge in [-0.2, -0.15) is 5.10 Å². The quantitative estimate of drug-likeness (QED) is 0.630. The number of halogens is 1. The van der Waals surface area contributed by atoms with Gasteiger partial charge in [-0.15, -0.1) is 12.4 Å². The number of aromatic nitrogens is 2. The summed E-state index contributed by atoms with van der Waals surface area (Å²) in [5.41, 5.74) is 5.98. The smallest absolute Gasteiger partial charge is 0.307 e. The number of hydrogen-bond acceptors (Lipinski definition) is 5. The maximum absolute atomic E-state index is 12.2. The molecule has 1 aromatic rings. The lowest BCUT2D eigenvalue weighted by atomic mass is 9.67. The van der Waals surface area contributed by atoms with Crippen molar-refractivity contribution in [2.45, 2.75) is 50.7 Å². The van der Waals surface area contributed by atoms with E-state index in [1.54, 1.807) is 0 Å². The van der Waals surface area contributed by atoms with E-state index in [0.717, 1.165) is 31.9 Å². The van der Waals surface area contributed by atoms with Gasteiger partial charge in [0.15, 0.2) is 0 Å². The summed E-state index contributed by atoms with van der Waals surface area (Å²) in [4.78, 5) is 22.3. The van der Waals surface area contributed by atoms with Crippen molar-refractivity contribution in [3.05, 3.63) is 22.5 Å². The molecule has 8 nitrogen and oxygen atoms in total. The van der Waals surface area contributed by atoms with Crippen molar-refractivity contribution in [2.75, 3.05) is 0 Å². The van der Waals surface area contributed by atoms with Crippen LogP contribution in [0.4, 0.5) is 5.69 Å². The molecule has 2 aliphatic rings. The Hall–Kier alpha value is -1.67. The highest BCUT2D eigenvalue weighted by Crippen LogP contribution is 2.39. The second-order valence-electron chi connectivity index (χ2n) is 6.43. The van der Waals surface area contributed by atoms with Gasteiger partial charge in [-0.3, -0.25) is 19.6 Å². The van der Waals surface area contributed by atoms with E-state index >= 15 is 0 Å². The van der Waals surface area contributed by atoms with Crippen molar-refractivity contribution >= 4 is 24.0 Å². The summed E-state index contributed by atoms with van der Waals surface area (Å²) in [7, 11) is 0. The Kier molecular flexibility index (Phi) is 5.59. The molecule has 2 saturated carbocycles. The van der Waals surface area contributed by atoms with Gasteiger partial charge < -0.3 is 11.1 Å². The van der Waals surface area contributed by atoms with Crippen molar-refractivity contribution < 1.29 is 9.72 Å². The summed E-state index contributed by atoms with van der Waals surface area (Å²) < 4.78 is 1.30. The molecule has 128 valence electrons. The van der Waals surface area contributed by atoms with Gasteiger partial charge in [0.2, 0.25) is 5.91 Å². The summed E-state index contributed by atoms with van der Waals surface area (Å²) in [5, 5.41) is 17.6. The highest BCUT2D eigenvalue weighted by atomic mass is 35.5. The van der Waals surface area contributed by atoms with Crippen molar-refractivity contribution in [1.29, 1.82) is 0 Å². The van der Waals surface area contributed by atoms with Gasteiger partial charge in [-0.25, -0.2) is 0 Å². The molecule has 2 atom stereocenters. The average molecular weight is 344 g/mol. The van der Waals surface area contributed by atoms with E-state index in [-0.39, 0.29) is 42.6 Å². The third kappa shape index (κ3) is 4.00. The number of hydrogen-bond donors (Lipinski definition) is 2. The van der Waals surface area contributed by atoms with Crippen molar-refractivity contribution in [3.8, 4) is 0 Å². The second kappa shape index (κ2) is 7.27. The molecule has 1 amide bonds. The molecule has 3 rings (SSSR count). The Balaban J connectivity index is 0.00000192. The van der Waals surface area contributed by atoms with Crippen LogP contribution in [0, 0.1) is 22.0 Å². The highest BCUT2D eigenvalue weighted by molar-refractivity contribution is 5.85. The number of fused-ring (bicyclic) bond motifs is 2. The number of nitrogens with one attached hydrogen (secondary N) is 1. The minimum atomic E-state index is -0.520. The first-order chi connectivity index (χ1) is 10.5. The molecule has 1 heterocycles. The molecule has 0 saturated heterocycles. The van der Waals surface area contributed by atoms with E-state index < -0.39 is 4.92 Å². The van der Waals surface area contributed by atoms with Crippen LogP contribution in [-0.2, 0) is 11.3 Å². The molecule has 2 unspecified atom stereocenters. The van der Waals surface area contributed by atoms with Gasteiger partial charge in [0.1, 0.15) is 18.9 Å². The highest BCUT2D eigenvalue weighted by Gasteiger charge is 2.39. The normalized spacial score (nSPS) is 29.4. The van der Waals surface area contributed by atoms with Gasteiger partial charge in [0.25, 0.3) is 0 Å². The first-order valence-corrected chi connectivity index (χ1v) is 7.74. The van der Waals surface area contributed by atoms with Crippen molar-refractivity contribution in [3.63, 3.8) is 0 Å². The lowest BCUT2D eigenvalue weighted by Crippen LogP contribution is -2.54. The first-order valence-electron chi connectivity index (χ1n) is 7.74. The Morgan fingerprint density at radius 1 is 1.43 bits per heavy atom. The van der Waals surface area contributed by atoms with Gasteiger partial charge in [-0.1, -0.05) is 6.42 Å². The minimum Gasteiger partial charge on any atom is -0.351 e. The number of carbonyl (C=O) groups is 1. The first kappa shape index (κ1) is 17.7. The zero-order valence-corrected chi connectivity index (χ0v) is 13.6. The van der Waals surface area contributed by atoms with Crippen LogP contribution in [-0.4, -0.2) is 32.7 Å². The monoisotopic (exact) mass is 343 g/mol. The summed E-state index contributed by atoms with van der Waals surface area (Å²) in [5.74, 6) is 0.771. The molecule has 0 radical (unpaired) electrons. The Morgan fingerprint density at radius 2 is 2.09 bits per heavy atom. The molecule has 2 bridgehead atoms. The zero-order chi connectivity index (χ0) is 15.7. The van der Waals surface area contributed by atoms with Crippen LogP contribution in [0.15, 0.2) is 12.4 Å². The third-order valence-corrected chi connectivity index (χ3v) is 4.84. The molecular weight excluding hydrogens is 322 g/mol. The zero-order valence-electron chi connectivity index (χ0n) is 12.8. The van der Waals surface area contributed by atoms with Gasteiger partial charge in [0, 0.05) is 12.1 Å². The molecule has 0 spiro atoms. The van der Waals surface area contributed by atoms with Crippen LogP contribution >= 0.6 is 12.4 Å².